The molecule has 0 aliphatic rings. The summed E-state index contributed by atoms with van der Waals surface area (Å²) in [5.41, 5.74) is -0.667. The van der Waals surface area contributed by atoms with E-state index < -0.39 is 80.4 Å². The quantitative estimate of drug-likeness (QED) is 0.162. The third-order valence-corrected chi connectivity index (χ3v) is 4.31. The van der Waals surface area contributed by atoms with E-state index in [-0.39, 0.29) is 39.1 Å². The summed E-state index contributed by atoms with van der Waals surface area (Å²) in [4.78, 5) is 29.2. The van der Waals surface area contributed by atoms with Crippen LogP contribution >= 0.6 is 0 Å². The molecular weight excluding hydrogens is 567 g/mol. The molecule has 6 N–H and O–H groups in total. The Labute approximate surface area is 218 Å². The molecule has 0 saturated heterocycles. The minimum absolute atomic E-state index is 0.156. The van der Waals surface area contributed by atoms with Crippen molar-refractivity contribution in [2.45, 2.75) is 89.7 Å². The van der Waals surface area contributed by atoms with E-state index in [1.165, 1.54) is 0 Å². The molecule has 39 heavy (non-hydrogen) atoms. The molecule has 0 unspecified atom stereocenters. The summed E-state index contributed by atoms with van der Waals surface area (Å²) in [6.45, 7) is 1.35. The van der Waals surface area contributed by atoms with Crippen LogP contribution in [-0.4, -0.2) is 86.9 Å². The molecule has 0 aromatic carbocycles. The molecule has 0 heterocycles. The highest BCUT2D eigenvalue weighted by Gasteiger charge is 2.28. The third-order valence-electron chi connectivity index (χ3n) is 4.31. The number of carboxylic acids is 3. The number of rotatable bonds is 13. The van der Waals surface area contributed by atoms with E-state index in [0.717, 1.165) is 0 Å². The van der Waals surface area contributed by atoms with Crippen molar-refractivity contribution in [3.63, 3.8) is 0 Å². The van der Waals surface area contributed by atoms with Gasteiger partial charge in [0.1, 0.15) is 0 Å². The summed E-state index contributed by atoms with van der Waals surface area (Å²) in [6.07, 6.45) is -17.4. The first-order valence-electron chi connectivity index (χ1n) is 11.2. The number of carboxylic acid groups (broad SMARTS) is 3. The summed E-state index contributed by atoms with van der Waals surface area (Å²) in [6, 6.07) is 0. The Hall–Kier alpha value is -2.34. The lowest BCUT2D eigenvalue weighted by molar-refractivity contribution is -0.144. The Bertz CT molecular complexity index is 557. The maximum Gasteiger partial charge on any atom is 0.389 e. The molecule has 18 heteroatoms. The van der Waals surface area contributed by atoms with Crippen LogP contribution in [0, 0.1) is 5.41 Å². The van der Waals surface area contributed by atoms with Crippen molar-refractivity contribution in [3.05, 3.63) is 0 Å². The Kier molecular flexibility index (Phi) is 25.2. The van der Waals surface area contributed by atoms with Gasteiger partial charge < -0.3 is 30.6 Å². The van der Waals surface area contributed by atoms with E-state index in [1.807, 2.05) is 6.92 Å². The van der Waals surface area contributed by atoms with Crippen LogP contribution in [0.3, 0.4) is 0 Å². The molecule has 0 saturated carbocycles. The van der Waals surface area contributed by atoms with Gasteiger partial charge in [0.15, 0.2) is 0 Å². The molecule has 0 amide bonds. The van der Waals surface area contributed by atoms with Gasteiger partial charge in [-0.2, -0.15) is 39.5 Å². The van der Waals surface area contributed by atoms with Gasteiger partial charge in [0.25, 0.3) is 0 Å². The number of alkyl halides is 9. The first-order valence-corrected chi connectivity index (χ1v) is 11.2. The van der Waals surface area contributed by atoms with Crippen molar-refractivity contribution >= 4 is 17.9 Å². The minimum Gasteiger partial charge on any atom is -0.481 e. The molecular formula is C21H35F9O9. The van der Waals surface area contributed by atoms with Gasteiger partial charge in [0, 0.05) is 43.9 Å². The highest BCUT2D eigenvalue weighted by molar-refractivity contribution is 5.67. The van der Waals surface area contributed by atoms with Crippen LogP contribution in [0.4, 0.5) is 39.5 Å². The molecule has 0 radical (unpaired) electrons. The highest BCUT2D eigenvalue weighted by atomic mass is 19.4. The van der Waals surface area contributed by atoms with Crippen LogP contribution in [0.5, 0.6) is 0 Å². The lowest BCUT2D eigenvalue weighted by atomic mass is 9.88. The fourth-order valence-corrected chi connectivity index (χ4v) is 1.81. The second-order valence-electron chi connectivity index (χ2n) is 7.92. The van der Waals surface area contributed by atoms with E-state index in [0.29, 0.717) is 6.42 Å². The fraction of sp³-hybridized carbons (Fsp3) is 0.857. The largest absolute Gasteiger partial charge is 0.481 e. The second-order valence-corrected chi connectivity index (χ2v) is 7.92. The van der Waals surface area contributed by atoms with Gasteiger partial charge in [0.2, 0.25) is 0 Å². The standard InChI is InChI=1S/C6H14O3.3C5H7F3O2/c1-2-6(3-7,4-8)5-9;3*6-5(7,8)3-1-2-4(9)10/h7-9H,2-5H2,1H3;3*1-3H2,(H,9,10). The van der Waals surface area contributed by atoms with Gasteiger partial charge >= 0.3 is 36.4 Å². The summed E-state index contributed by atoms with van der Waals surface area (Å²) >= 11 is 0. The number of hydrogen-bond donors (Lipinski definition) is 6. The van der Waals surface area contributed by atoms with Crippen molar-refractivity contribution < 1.29 is 84.5 Å². The van der Waals surface area contributed by atoms with Crippen LogP contribution < -0.4 is 0 Å². The molecule has 0 bridgehead atoms. The minimum atomic E-state index is -4.23. The average Bonchev–Trinajstić information content (AvgIpc) is 2.73. The first kappa shape index (κ1) is 43.7. The fourth-order valence-electron chi connectivity index (χ4n) is 1.81. The topological polar surface area (TPSA) is 173 Å². The van der Waals surface area contributed by atoms with Gasteiger partial charge in [-0.25, -0.2) is 0 Å². The molecule has 9 nitrogen and oxygen atoms in total. The lowest BCUT2D eigenvalue weighted by Gasteiger charge is -2.24. The summed E-state index contributed by atoms with van der Waals surface area (Å²) in [5.74, 6) is -3.57. The van der Waals surface area contributed by atoms with Crippen molar-refractivity contribution in [2.75, 3.05) is 19.8 Å². The Balaban J connectivity index is -0.000000210. The van der Waals surface area contributed by atoms with E-state index in [4.69, 9.17) is 30.6 Å². The predicted octanol–water partition coefficient (Wildman–Crippen LogP) is 4.77. The maximum atomic E-state index is 11.3. The maximum absolute atomic E-state index is 11.3. The number of carbonyl (C=O) groups is 3. The van der Waals surface area contributed by atoms with E-state index >= 15 is 0 Å². The van der Waals surface area contributed by atoms with Crippen LogP contribution in [0.1, 0.15) is 71.1 Å². The van der Waals surface area contributed by atoms with Crippen molar-refractivity contribution in [3.8, 4) is 0 Å². The summed E-state index contributed by atoms with van der Waals surface area (Å²) in [5, 5.41) is 49.8. The van der Waals surface area contributed by atoms with E-state index in [1.54, 1.807) is 0 Å². The smallest absolute Gasteiger partial charge is 0.389 e. The van der Waals surface area contributed by atoms with Gasteiger partial charge in [-0.15, -0.1) is 0 Å². The van der Waals surface area contributed by atoms with Gasteiger partial charge in [-0.1, -0.05) is 6.92 Å². The molecule has 0 atom stereocenters. The second kappa shape index (κ2) is 22.5. The molecule has 0 aliphatic heterocycles. The Morgan fingerprint density at radius 1 is 0.513 bits per heavy atom. The molecule has 0 aliphatic carbocycles. The first-order chi connectivity index (χ1) is 17.5. The summed E-state index contributed by atoms with van der Waals surface area (Å²) in [7, 11) is 0. The van der Waals surface area contributed by atoms with Crippen LogP contribution in [0.15, 0.2) is 0 Å². The summed E-state index contributed by atoms with van der Waals surface area (Å²) < 4.78 is 102. The van der Waals surface area contributed by atoms with Crippen molar-refractivity contribution in [1.29, 1.82) is 0 Å². The number of aliphatic carboxylic acids is 3. The van der Waals surface area contributed by atoms with Crippen molar-refractivity contribution in [1.82, 2.24) is 0 Å². The van der Waals surface area contributed by atoms with Crippen molar-refractivity contribution in [2.24, 2.45) is 5.41 Å². The molecule has 0 fully saturated rings. The molecule has 0 aromatic heterocycles. The number of aliphatic hydroxyl groups is 3. The highest BCUT2D eigenvalue weighted by Crippen LogP contribution is 2.23. The lowest BCUT2D eigenvalue weighted by Crippen LogP contribution is -2.32. The zero-order valence-corrected chi connectivity index (χ0v) is 21.0. The number of aliphatic hydroxyl groups excluding tert-OH is 3. The Morgan fingerprint density at radius 2 is 0.718 bits per heavy atom. The van der Waals surface area contributed by atoms with Gasteiger partial charge in [-0.05, 0) is 25.7 Å². The monoisotopic (exact) mass is 602 g/mol. The molecule has 0 spiro atoms. The zero-order valence-electron chi connectivity index (χ0n) is 21.0. The van der Waals surface area contributed by atoms with E-state index in [2.05, 4.69) is 0 Å². The van der Waals surface area contributed by atoms with Gasteiger partial charge in [0.05, 0.1) is 19.8 Å². The molecule has 236 valence electrons. The number of hydrogen-bond acceptors (Lipinski definition) is 6. The molecule has 0 rings (SSSR count). The average molecular weight is 602 g/mol. The van der Waals surface area contributed by atoms with E-state index in [9.17, 15) is 53.9 Å². The third kappa shape index (κ3) is 43.0. The van der Waals surface area contributed by atoms with Crippen LogP contribution in [0.25, 0.3) is 0 Å². The van der Waals surface area contributed by atoms with Crippen LogP contribution in [0.2, 0.25) is 0 Å². The molecule has 0 aromatic rings. The number of halogens is 9. The predicted molar refractivity (Wildman–Crippen MR) is 117 cm³/mol. The van der Waals surface area contributed by atoms with Crippen LogP contribution in [-0.2, 0) is 14.4 Å². The normalized spacial score (nSPS) is 11.6. The Morgan fingerprint density at radius 3 is 0.795 bits per heavy atom. The SMILES string of the molecule is CCC(CO)(CO)CO.O=C(O)CCCC(F)(F)F.O=C(O)CCCC(F)(F)F.O=C(O)CCCC(F)(F)F. The van der Waals surface area contributed by atoms with Gasteiger partial charge in [-0.3, -0.25) is 14.4 Å². The zero-order chi connectivity index (χ0) is 31.9.